The van der Waals surface area contributed by atoms with Crippen LogP contribution in [0, 0.1) is 0 Å². The van der Waals surface area contributed by atoms with Crippen molar-refractivity contribution in [1.82, 2.24) is 9.36 Å². The molecule has 1 aromatic heterocycles. The van der Waals surface area contributed by atoms with Crippen molar-refractivity contribution in [3.05, 3.63) is 34.9 Å². The maximum absolute atomic E-state index is 11.8. The number of nitrogens with zero attached hydrogens (tertiary/aromatic N) is 2. The van der Waals surface area contributed by atoms with Gasteiger partial charge in [0.25, 0.3) is 0 Å². The fourth-order valence-electron chi connectivity index (χ4n) is 1.27. The highest BCUT2D eigenvalue weighted by molar-refractivity contribution is 8.00. The molecule has 0 bridgehead atoms. The number of phosphoric ester groups is 1. The first-order valence-electron chi connectivity index (χ1n) is 5.67. The molecule has 0 N–H and O–H groups in total. The zero-order valence-corrected chi connectivity index (χ0v) is 14.5. The minimum absolute atomic E-state index is 0.0226. The molecule has 0 unspecified atom stereocenters. The Kier molecular flexibility index (Phi) is 6.04. The van der Waals surface area contributed by atoms with Gasteiger partial charge in [-0.15, -0.1) is 4.37 Å². The van der Waals surface area contributed by atoms with Crippen LogP contribution < -0.4 is 4.52 Å². The predicted octanol–water partition coefficient (Wildman–Crippen LogP) is 4.26. The van der Waals surface area contributed by atoms with E-state index in [1.807, 2.05) is 24.3 Å². The summed E-state index contributed by atoms with van der Waals surface area (Å²) in [5.41, 5.74) is 1.11. The quantitative estimate of drug-likeness (QED) is 0.535. The zero-order valence-electron chi connectivity index (χ0n) is 11.2. The van der Waals surface area contributed by atoms with E-state index in [0.29, 0.717) is 9.36 Å². The lowest BCUT2D eigenvalue weighted by Crippen LogP contribution is -1.98. The van der Waals surface area contributed by atoms with Gasteiger partial charge in [-0.3, -0.25) is 9.05 Å². The highest BCUT2D eigenvalue weighted by atomic mass is 35.5. The Hall–Kier alpha value is -0.630. The standard InChI is InChI=1S/C11H12ClN2O4PS2/c1-16-19(15,17-2)18-10-13-11(21-14-10)20-7-8-3-5-9(12)6-4-8/h3-6H,7H2,1-2H3. The highest BCUT2D eigenvalue weighted by Crippen LogP contribution is 2.47. The zero-order chi connectivity index (χ0) is 15.3. The van der Waals surface area contributed by atoms with Gasteiger partial charge in [-0.25, -0.2) is 4.57 Å². The summed E-state index contributed by atoms with van der Waals surface area (Å²) < 4.78 is 30.8. The van der Waals surface area contributed by atoms with Crippen LogP contribution in [0.1, 0.15) is 5.56 Å². The van der Waals surface area contributed by atoms with Gasteiger partial charge >= 0.3 is 13.8 Å². The molecule has 0 radical (unpaired) electrons. The lowest BCUT2D eigenvalue weighted by Gasteiger charge is -2.10. The normalized spacial score (nSPS) is 11.6. The molecule has 0 aliphatic carbocycles. The van der Waals surface area contributed by atoms with E-state index in [2.05, 4.69) is 18.4 Å². The summed E-state index contributed by atoms with van der Waals surface area (Å²) in [6.07, 6.45) is 0. The molecule has 6 nitrogen and oxygen atoms in total. The largest absolute Gasteiger partial charge is 0.531 e. The summed E-state index contributed by atoms with van der Waals surface area (Å²) in [5.74, 6) is 0.720. The number of benzene rings is 1. The molecule has 0 amide bonds. The van der Waals surface area contributed by atoms with Gasteiger partial charge in [0.2, 0.25) is 0 Å². The topological polar surface area (TPSA) is 70.5 Å². The molecule has 114 valence electrons. The Balaban J connectivity index is 1.94. The van der Waals surface area contributed by atoms with E-state index in [9.17, 15) is 4.57 Å². The Morgan fingerprint density at radius 3 is 2.57 bits per heavy atom. The van der Waals surface area contributed by atoms with Gasteiger partial charge in [0.05, 0.1) is 0 Å². The Morgan fingerprint density at radius 2 is 1.95 bits per heavy atom. The highest BCUT2D eigenvalue weighted by Gasteiger charge is 2.27. The first kappa shape index (κ1) is 16.7. The molecule has 0 aliphatic rings. The van der Waals surface area contributed by atoms with Crippen molar-refractivity contribution >= 4 is 42.7 Å². The number of rotatable bonds is 7. The number of hydrogen-bond donors (Lipinski definition) is 0. The van der Waals surface area contributed by atoms with Gasteiger partial charge in [-0.2, -0.15) is 4.98 Å². The Morgan fingerprint density at radius 1 is 1.29 bits per heavy atom. The average Bonchev–Trinajstić information content (AvgIpc) is 2.94. The smallest absolute Gasteiger partial charge is 0.367 e. The van der Waals surface area contributed by atoms with Crippen LogP contribution in [0.5, 0.6) is 6.01 Å². The molecule has 0 fully saturated rings. The monoisotopic (exact) mass is 366 g/mol. The maximum atomic E-state index is 11.8. The van der Waals surface area contributed by atoms with Crippen LogP contribution in [0.15, 0.2) is 28.6 Å². The van der Waals surface area contributed by atoms with Gasteiger partial charge in [-0.05, 0) is 29.2 Å². The molecule has 21 heavy (non-hydrogen) atoms. The van der Waals surface area contributed by atoms with Crippen LogP contribution in [-0.4, -0.2) is 23.6 Å². The molecule has 0 aliphatic heterocycles. The number of hydrogen-bond acceptors (Lipinski definition) is 8. The molecular weight excluding hydrogens is 355 g/mol. The molecule has 2 rings (SSSR count). The van der Waals surface area contributed by atoms with Crippen molar-refractivity contribution in [2.75, 3.05) is 14.2 Å². The molecule has 0 atom stereocenters. The van der Waals surface area contributed by atoms with Gasteiger partial charge < -0.3 is 4.52 Å². The molecule has 2 aromatic rings. The summed E-state index contributed by atoms with van der Waals surface area (Å²) in [5, 5.41) is 0.699. The van der Waals surface area contributed by atoms with E-state index in [0.717, 1.165) is 22.8 Å². The van der Waals surface area contributed by atoms with Crippen LogP contribution >= 0.6 is 42.7 Å². The van der Waals surface area contributed by atoms with Crippen LogP contribution in [-0.2, 0) is 19.4 Å². The van der Waals surface area contributed by atoms with E-state index in [1.165, 1.54) is 26.0 Å². The van der Waals surface area contributed by atoms with E-state index in [4.69, 9.17) is 16.1 Å². The summed E-state index contributed by atoms with van der Waals surface area (Å²) >= 11 is 8.47. The summed E-state index contributed by atoms with van der Waals surface area (Å²) in [4.78, 5) is 4.11. The van der Waals surface area contributed by atoms with Crippen molar-refractivity contribution in [1.29, 1.82) is 0 Å². The van der Waals surface area contributed by atoms with Crippen molar-refractivity contribution < 1.29 is 18.1 Å². The molecule has 0 saturated heterocycles. The first-order valence-corrected chi connectivity index (χ1v) is 9.26. The number of phosphoric acid groups is 1. The molecule has 0 saturated carbocycles. The van der Waals surface area contributed by atoms with Crippen molar-refractivity contribution in [3.8, 4) is 6.01 Å². The lowest BCUT2D eigenvalue weighted by atomic mass is 10.2. The number of aromatic nitrogens is 2. The number of thioether (sulfide) groups is 1. The second kappa shape index (κ2) is 7.58. The fraction of sp³-hybridized carbons (Fsp3) is 0.273. The van der Waals surface area contributed by atoms with Crippen molar-refractivity contribution in [3.63, 3.8) is 0 Å². The molecule has 1 aromatic carbocycles. The van der Waals surface area contributed by atoms with Crippen LogP contribution in [0.25, 0.3) is 0 Å². The van der Waals surface area contributed by atoms with Gasteiger partial charge in [-0.1, -0.05) is 35.5 Å². The van der Waals surface area contributed by atoms with E-state index in [-0.39, 0.29) is 6.01 Å². The van der Waals surface area contributed by atoms with E-state index < -0.39 is 7.82 Å². The van der Waals surface area contributed by atoms with Gasteiger partial charge in [0, 0.05) is 25.0 Å². The summed E-state index contributed by atoms with van der Waals surface area (Å²) in [6.45, 7) is 0. The molecule has 0 spiro atoms. The fourth-order valence-corrected chi connectivity index (χ4v) is 3.51. The summed E-state index contributed by atoms with van der Waals surface area (Å²) in [6, 6.07) is 7.53. The third-order valence-electron chi connectivity index (χ3n) is 2.30. The Labute approximate surface area is 135 Å². The minimum atomic E-state index is -3.61. The number of halogens is 1. The maximum Gasteiger partial charge on any atom is 0.531 e. The van der Waals surface area contributed by atoms with Crippen molar-refractivity contribution in [2.24, 2.45) is 0 Å². The Bertz CT molecular complexity index is 629. The van der Waals surface area contributed by atoms with Crippen LogP contribution in [0.2, 0.25) is 5.02 Å². The molecule has 1 heterocycles. The van der Waals surface area contributed by atoms with Gasteiger partial charge in [0.15, 0.2) is 4.34 Å². The second-order valence-corrected chi connectivity index (χ2v) is 7.88. The lowest BCUT2D eigenvalue weighted by molar-refractivity contribution is 0.207. The van der Waals surface area contributed by atoms with Crippen molar-refractivity contribution in [2.45, 2.75) is 10.1 Å². The molecular formula is C11H12ClN2O4PS2. The van der Waals surface area contributed by atoms with Crippen LogP contribution in [0.4, 0.5) is 0 Å². The third kappa shape index (κ3) is 4.95. The average molecular weight is 367 g/mol. The minimum Gasteiger partial charge on any atom is -0.367 e. The van der Waals surface area contributed by atoms with Crippen LogP contribution in [0.3, 0.4) is 0 Å². The second-order valence-electron chi connectivity index (χ2n) is 3.66. The summed E-state index contributed by atoms with van der Waals surface area (Å²) in [7, 11) is -1.16. The van der Waals surface area contributed by atoms with E-state index in [1.54, 1.807) is 0 Å². The van der Waals surface area contributed by atoms with Gasteiger partial charge in [0.1, 0.15) is 0 Å². The first-order chi connectivity index (χ1) is 10.0. The predicted molar refractivity (Wildman–Crippen MR) is 83.2 cm³/mol. The molecule has 10 heteroatoms. The third-order valence-corrected chi connectivity index (χ3v) is 5.73. The van der Waals surface area contributed by atoms with E-state index >= 15 is 0 Å². The SMILES string of the molecule is COP(=O)(OC)Oc1nsc(SCc2ccc(Cl)cc2)n1.